The molecule has 90 valence electrons. The fourth-order valence-corrected chi connectivity index (χ4v) is 1.94. The molecule has 0 fully saturated rings. The largest absolute Gasteiger partial charge is 0.480 e. The first-order valence-electron chi connectivity index (χ1n) is 6.07. The average molecular weight is 215 g/mol. The van der Waals surface area contributed by atoms with Gasteiger partial charge in [-0.15, -0.1) is 0 Å². The number of carboxylic acid groups (broad SMARTS) is 1. The fourth-order valence-electron chi connectivity index (χ4n) is 1.94. The van der Waals surface area contributed by atoms with Crippen molar-refractivity contribution in [2.24, 2.45) is 0 Å². The summed E-state index contributed by atoms with van der Waals surface area (Å²) in [6.07, 6.45) is 4.40. The highest BCUT2D eigenvalue weighted by molar-refractivity contribution is 5.78. The van der Waals surface area contributed by atoms with E-state index in [1.54, 1.807) is 0 Å². The number of rotatable bonds is 8. The third kappa shape index (κ3) is 3.82. The van der Waals surface area contributed by atoms with Crippen LogP contribution in [0.3, 0.4) is 0 Å². The minimum Gasteiger partial charge on any atom is -0.480 e. The monoisotopic (exact) mass is 215 g/mol. The van der Waals surface area contributed by atoms with E-state index in [0.717, 1.165) is 19.3 Å². The molecule has 0 saturated heterocycles. The van der Waals surface area contributed by atoms with Gasteiger partial charge in [0.25, 0.3) is 0 Å². The number of hydrogen-bond donors (Lipinski definition) is 2. The second-order valence-corrected chi connectivity index (χ2v) is 4.13. The lowest BCUT2D eigenvalue weighted by Crippen LogP contribution is -2.55. The molecule has 15 heavy (non-hydrogen) atoms. The van der Waals surface area contributed by atoms with E-state index in [4.69, 9.17) is 0 Å². The Hall–Kier alpha value is -0.570. The SMILES string of the molecule is CCCC(CC)NC(CC)(CC)C(=O)O. The summed E-state index contributed by atoms with van der Waals surface area (Å²) in [5.41, 5.74) is -0.726. The van der Waals surface area contributed by atoms with Crippen LogP contribution in [0.5, 0.6) is 0 Å². The summed E-state index contributed by atoms with van der Waals surface area (Å²) >= 11 is 0. The molecule has 0 aromatic heterocycles. The Kier molecular flexibility index (Phi) is 6.57. The van der Waals surface area contributed by atoms with Gasteiger partial charge in [0, 0.05) is 6.04 Å². The molecule has 1 atom stereocenters. The molecule has 0 aliphatic heterocycles. The van der Waals surface area contributed by atoms with Crippen molar-refractivity contribution >= 4 is 5.97 Å². The first kappa shape index (κ1) is 14.4. The van der Waals surface area contributed by atoms with Crippen LogP contribution in [0.1, 0.15) is 59.8 Å². The molecule has 3 nitrogen and oxygen atoms in total. The van der Waals surface area contributed by atoms with Gasteiger partial charge in [-0.3, -0.25) is 10.1 Å². The molecule has 0 aliphatic rings. The van der Waals surface area contributed by atoms with Gasteiger partial charge in [0.1, 0.15) is 5.54 Å². The lowest BCUT2D eigenvalue weighted by atomic mass is 9.90. The van der Waals surface area contributed by atoms with E-state index >= 15 is 0 Å². The summed E-state index contributed by atoms with van der Waals surface area (Å²) in [6.45, 7) is 8.10. The summed E-state index contributed by atoms with van der Waals surface area (Å²) in [5, 5.41) is 12.6. The smallest absolute Gasteiger partial charge is 0.323 e. The quantitative estimate of drug-likeness (QED) is 0.654. The molecule has 0 rings (SSSR count). The van der Waals surface area contributed by atoms with Gasteiger partial charge >= 0.3 is 5.97 Å². The van der Waals surface area contributed by atoms with Crippen LogP contribution in [0, 0.1) is 0 Å². The van der Waals surface area contributed by atoms with Gasteiger partial charge in [-0.2, -0.15) is 0 Å². The molecule has 0 aromatic carbocycles. The van der Waals surface area contributed by atoms with E-state index in [-0.39, 0.29) is 0 Å². The zero-order valence-electron chi connectivity index (χ0n) is 10.5. The highest BCUT2D eigenvalue weighted by Crippen LogP contribution is 2.18. The van der Waals surface area contributed by atoms with Gasteiger partial charge in [0.15, 0.2) is 0 Å². The van der Waals surface area contributed by atoms with Crippen LogP contribution >= 0.6 is 0 Å². The molecule has 0 aromatic rings. The number of hydrogen-bond acceptors (Lipinski definition) is 2. The van der Waals surface area contributed by atoms with E-state index in [9.17, 15) is 9.90 Å². The number of carboxylic acids is 1. The Morgan fingerprint density at radius 2 is 1.80 bits per heavy atom. The molecule has 0 saturated carbocycles. The summed E-state index contributed by atoms with van der Waals surface area (Å²) in [5.74, 6) is -0.720. The lowest BCUT2D eigenvalue weighted by molar-refractivity contribution is -0.145. The van der Waals surface area contributed by atoms with Crippen LogP contribution in [0.25, 0.3) is 0 Å². The predicted molar refractivity (Wildman–Crippen MR) is 63.1 cm³/mol. The Balaban J connectivity index is 4.56. The molecular formula is C12H25NO2. The van der Waals surface area contributed by atoms with Crippen LogP contribution in [-0.4, -0.2) is 22.7 Å². The van der Waals surface area contributed by atoms with Crippen molar-refractivity contribution in [2.75, 3.05) is 0 Å². The van der Waals surface area contributed by atoms with Crippen molar-refractivity contribution in [3.63, 3.8) is 0 Å². The molecule has 0 spiro atoms. The van der Waals surface area contributed by atoms with E-state index in [1.165, 1.54) is 0 Å². The van der Waals surface area contributed by atoms with Crippen molar-refractivity contribution in [1.29, 1.82) is 0 Å². The zero-order chi connectivity index (χ0) is 11.9. The van der Waals surface area contributed by atoms with E-state index in [1.807, 2.05) is 13.8 Å². The second kappa shape index (κ2) is 6.83. The van der Waals surface area contributed by atoms with Crippen molar-refractivity contribution < 1.29 is 9.90 Å². The molecule has 0 heterocycles. The predicted octanol–water partition coefficient (Wildman–Crippen LogP) is 2.80. The number of aliphatic carboxylic acids is 1. The normalized spacial score (nSPS) is 13.9. The van der Waals surface area contributed by atoms with Gasteiger partial charge in [-0.05, 0) is 25.7 Å². The fraction of sp³-hybridized carbons (Fsp3) is 0.917. The van der Waals surface area contributed by atoms with Crippen molar-refractivity contribution in [2.45, 2.75) is 71.4 Å². The Labute approximate surface area is 93.3 Å². The third-order valence-electron chi connectivity index (χ3n) is 3.23. The summed E-state index contributed by atoms with van der Waals surface area (Å²) < 4.78 is 0. The van der Waals surface area contributed by atoms with E-state index < -0.39 is 11.5 Å². The molecule has 3 heteroatoms. The van der Waals surface area contributed by atoms with Crippen LogP contribution in [0.4, 0.5) is 0 Å². The molecule has 0 amide bonds. The Bertz CT molecular complexity index is 188. The molecule has 0 aliphatic carbocycles. The maximum atomic E-state index is 11.3. The number of nitrogens with one attached hydrogen (secondary N) is 1. The van der Waals surface area contributed by atoms with E-state index in [2.05, 4.69) is 19.2 Å². The Morgan fingerprint density at radius 1 is 1.27 bits per heavy atom. The van der Waals surface area contributed by atoms with Crippen molar-refractivity contribution in [3.05, 3.63) is 0 Å². The first-order chi connectivity index (χ1) is 7.06. The maximum Gasteiger partial charge on any atom is 0.323 e. The molecule has 2 N–H and O–H groups in total. The van der Waals surface area contributed by atoms with Crippen molar-refractivity contribution in [3.8, 4) is 0 Å². The highest BCUT2D eigenvalue weighted by atomic mass is 16.4. The Morgan fingerprint density at radius 3 is 2.07 bits per heavy atom. The van der Waals surface area contributed by atoms with Gasteiger partial charge in [-0.25, -0.2) is 0 Å². The standard InChI is InChI=1S/C12H25NO2/c1-5-9-10(6-2)13-12(7-3,8-4)11(14)15/h10,13H,5-9H2,1-4H3,(H,14,15). The van der Waals surface area contributed by atoms with Gasteiger partial charge in [-0.1, -0.05) is 34.1 Å². The van der Waals surface area contributed by atoms with E-state index in [0.29, 0.717) is 18.9 Å². The van der Waals surface area contributed by atoms with Gasteiger partial charge in [0.2, 0.25) is 0 Å². The van der Waals surface area contributed by atoms with Crippen LogP contribution in [0.2, 0.25) is 0 Å². The number of carbonyl (C=O) groups is 1. The first-order valence-corrected chi connectivity index (χ1v) is 6.07. The van der Waals surface area contributed by atoms with Crippen LogP contribution < -0.4 is 5.32 Å². The van der Waals surface area contributed by atoms with Crippen LogP contribution in [0.15, 0.2) is 0 Å². The van der Waals surface area contributed by atoms with Gasteiger partial charge < -0.3 is 5.11 Å². The molecule has 0 radical (unpaired) electrons. The highest BCUT2D eigenvalue weighted by Gasteiger charge is 2.35. The van der Waals surface area contributed by atoms with Crippen molar-refractivity contribution in [1.82, 2.24) is 5.32 Å². The minimum absolute atomic E-state index is 0.325. The summed E-state index contributed by atoms with van der Waals surface area (Å²) in [6, 6.07) is 0.325. The third-order valence-corrected chi connectivity index (χ3v) is 3.23. The molecule has 1 unspecified atom stereocenters. The molecule has 0 bridgehead atoms. The van der Waals surface area contributed by atoms with Gasteiger partial charge in [0.05, 0.1) is 0 Å². The average Bonchev–Trinajstić information content (AvgIpc) is 2.24. The minimum atomic E-state index is -0.726. The summed E-state index contributed by atoms with van der Waals surface area (Å²) in [7, 11) is 0. The molecular weight excluding hydrogens is 190 g/mol. The lowest BCUT2D eigenvalue weighted by Gasteiger charge is -2.32. The topological polar surface area (TPSA) is 49.3 Å². The summed E-state index contributed by atoms with van der Waals surface area (Å²) in [4.78, 5) is 11.3. The second-order valence-electron chi connectivity index (χ2n) is 4.13. The zero-order valence-corrected chi connectivity index (χ0v) is 10.5. The maximum absolute atomic E-state index is 11.3. The van der Waals surface area contributed by atoms with Crippen LogP contribution in [-0.2, 0) is 4.79 Å².